The van der Waals surface area contributed by atoms with Crippen LogP contribution in [0.2, 0.25) is 0 Å². The maximum absolute atomic E-state index is 5.41. The van der Waals surface area contributed by atoms with Gasteiger partial charge in [-0.15, -0.1) is 45.3 Å². The topological polar surface area (TPSA) is 28.1 Å². The number of nitrogens with one attached hydrogen (secondary N) is 1. The first-order valence-corrected chi connectivity index (χ1v) is 17.2. The third-order valence-corrected chi connectivity index (χ3v) is 11.5. The van der Waals surface area contributed by atoms with Crippen LogP contribution in [-0.2, 0) is 0 Å². The molecule has 42 heavy (non-hydrogen) atoms. The molecule has 6 heterocycles. The number of hydrogen-bond donors (Lipinski definition) is 1. The molecule has 1 aliphatic heterocycles. The second-order valence-electron chi connectivity index (χ2n) is 10.8. The average Bonchev–Trinajstić information content (AvgIpc) is 3.79. The Morgan fingerprint density at radius 2 is 1.14 bits per heavy atom. The summed E-state index contributed by atoms with van der Waals surface area (Å²) in [6, 6.07) is 28.9. The Kier molecular flexibility index (Phi) is 7.11. The summed E-state index contributed by atoms with van der Waals surface area (Å²) >= 11 is 7.32. The lowest BCUT2D eigenvalue weighted by Crippen LogP contribution is -1.97. The van der Waals surface area contributed by atoms with Crippen molar-refractivity contribution >= 4 is 62.2 Å². The number of aromatic nitrogens is 1. The smallest absolute Gasteiger partial charge is 0.0896 e. The summed E-state index contributed by atoms with van der Waals surface area (Å²) in [5, 5.41) is 0. The molecule has 0 saturated heterocycles. The number of hydrogen-bond acceptors (Lipinski definition) is 5. The molecule has 0 spiro atoms. The van der Waals surface area contributed by atoms with Crippen molar-refractivity contribution in [3.8, 4) is 21.0 Å². The first-order valence-electron chi connectivity index (χ1n) is 13.9. The molecule has 6 aromatic rings. The fourth-order valence-electron chi connectivity index (χ4n) is 5.35. The highest BCUT2D eigenvalue weighted by Gasteiger charge is 2.26. The number of aryl methyl sites for hydroxylation is 5. The normalized spacial score (nSPS) is 14.4. The zero-order chi connectivity index (χ0) is 29.0. The molecule has 6 heteroatoms. The van der Waals surface area contributed by atoms with Gasteiger partial charge in [0.2, 0.25) is 0 Å². The standard InChI is InChI=1S/C36H30N2S4/c1-20-6-12-25(13-7-20)34(28-18-26(30-14-8-21(2)39-30)35(37-28)32-16-10-23(4)41-32)29-19-27(31-15-9-22(3)40-31)36(38-29)33-17-11-24(5)42-33/h6-19,37H,1-5H3/b34-29-. The number of allylic oxidation sites excluding steroid dienone is 2. The van der Waals surface area contributed by atoms with Crippen molar-refractivity contribution in [2.45, 2.75) is 34.6 Å². The molecule has 1 aromatic carbocycles. The highest BCUT2D eigenvalue weighted by molar-refractivity contribution is 7.17. The predicted octanol–water partition coefficient (Wildman–Crippen LogP) is 11.5. The van der Waals surface area contributed by atoms with E-state index < -0.39 is 0 Å². The second-order valence-corrected chi connectivity index (χ2v) is 15.9. The van der Waals surface area contributed by atoms with Gasteiger partial charge in [-0.1, -0.05) is 29.8 Å². The van der Waals surface area contributed by atoms with Gasteiger partial charge in [0.15, 0.2) is 0 Å². The fourth-order valence-corrected chi connectivity index (χ4v) is 8.88. The van der Waals surface area contributed by atoms with Crippen molar-refractivity contribution in [2.75, 3.05) is 0 Å². The second kappa shape index (κ2) is 10.9. The van der Waals surface area contributed by atoms with E-state index >= 15 is 0 Å². The number of H-pyrrole nitrogens is 1. The molecule has 0 fully saturated rings. The SMILES string of the molecule is Cc1ccc(/C(=C2\C=C(c3ccc(C)s3)C(c3ccc(C)s3)=N2)c2cc(-c3ccc(C)s3)c(-c3ccc(C)s3)[nH]2)cc1. The quantitative estimate of drug-likeness (QED) is 0.192. The van der Waals surface area contributed by atoms with Gasteiger partial charge in [-0.3, -0.25) is 0 Å². The van der Waals surface area contributed by atoms with Crippen molar-refractivity contribution < 1.29 is 0 Å². The molecule has 5 aromatic heterocycles. The van der Waals surface area contributed by atoms with E-state index in [1.807, 2.05) is 45.3 Å². The van der Waals surface area contributed by atoms with Gasteiger partial charge in [-0.25, -0.2) is 4.99 Å². The Morgan fingerprint density at radius 3 is 1.71 bits per heavy atom. The highest BCUT2D eigenvalue weighted by Crippen LogP contribution is 2.44. The zero-order valence-corrected chi connectivity index (χ0v) is 27.4. The van der Waals surface area contributed by atoms with Crippen LogP contribution in [-0.4, -0.2) is 10.7 Å². The van der Waals surface area contributed by atoms with Gasteiger partial charge in [0.05, 0.1) is 26.9 Å². The largest absolute Gasteiger partial charge is 0.353 e. The van der Waals surface area contributed by atoms with Gasteiger partial charge >= 0.3 is 0 Å². The van der Waals surface area contributed by atoms with Crippen LogP contribution in [0.4, 0.5) is 0 Å². The lowest BCUT2D eigenvalue weighted by molar-refractivity contribution is 1.32. The maximum Gasteiger partial charge on any atom is 0.0896 e. The molecule has 1 aliphatic rings. The number of nitrogens with zero attached hydrogens (tertiary/aromatic N) is 1. The number of benzene rings is 1. The van der Waals surface area contributed by atoms with Crippen LogP contribution in [0.3, 0.4) is 0 Å². The summed E-state index contributed by atoms with van der Waals surface area (Å²) < 4.78 is 0. The minimum atomic E-state index is 0.991. The molecule has 208 valence electrons. The first kappa shape index (κ1) is 27.3. The molecular weight excluding hydrogens is 589 g/mol. The Hall–Kier alpha value is -3.55. The lowest BCUT2D eigenvalue weighted by atomic mass is 9.98. The predicted molar refractivity (Wildman–Crippen MR) is 187 cm³/mol. The van der Waals surface area contributed by atoms with E-state index in [0.29, 0.717) is 0 Å². The van der Waals surface area contributed by atoms with E-state index in [2.05, 4.69) is 125 Å². The van der Waals surface area contributed by atoms with E-state index in [9.17, 15) is 0 Å². The summed E-state index contributed by atoms with van der Waals surface area (Å²) in [6.45, 7) is 10.8. The molecule has 0 unspecified atom stereocenters. The van der Waals surface area contributed by atoms with Crippen LogP contribution in [0.5, 0.6) is 0 Å². The summed E-state index contributed by atoms with van der Waals surface area (Å²) in [5.41, 5.74) is 10.3. The van der Waals surface area contributed by atoms with Crippen LogP contribution in [0, 0.1) is 34.6 Å². The highest BCUT2D eigenvalue weighted by atomic mass is 32.1. The van der Waals surface area contributed by atoms with Crippen molar-refractivity contribution in [3.05, 3.63) is 137 Å². The maximum atomic E-state index is 5.41. The Morgan fingerprint density at radius 1 is 0.595 bits per heavy atom. The lowest BCUT2D eigenvalue weighted by Gasteiger charge is -2.09. The molecule has 0 amide bonds. The molecule has 0 aliphatic carbocycles. The molecule has 1 N–H and O–H groups in total. The van der Waals surface area contributed by atoms with E-state index in [0.717, 1.165) is 28.2 Å². The molecular formula is C36H30N2S4. The minimum Gasteiger partial charge on any atom is -0.353 e. The van der Waals surface area contributed by atoms with E-state index in [4.69, 9.17) is 4.99 Å². The molecule has 0 saturated carbocycles. The van der Waals surface area contributed by atoms with Crippen molar-refractivity contribution in [1.82, 2.24) is 4.98 Å². The van der Waals surface area contributed by atoms with Gasteiger partial charge < -0.3 is 4.98 Å². The van der Waals surface area contributed by atoms with Crippen LogP contribution in [0.25, 0.3) is 32.2 Å². The zero-order valence-electron chi connectivity index (χ0n) is 24.2. The summed E-state index contributed by atoms with van der Waals surface area (Å²) in [7, 11) is 0. The number of rotatable bonds is 6. The number of aliphatic imine (C=N–C) groups is 1. The van der Waals surface area contributed by atoms with Gasteiger partial charge in [-0.2, -0.15) is 0 Å². The minimum absolute atomic E-state index is 0.991. The van der Waals surface area contributed by atoms with Crippen LogP contribution < -0.4 is 0 Å². The Balaban J connectivity index is 1.50. The molecule has 7 rings (SSSR count). The van der Waals surface area contributed by atoms with E-state index in [1.54, 1.807) is 0 Å². The monoisotopic (exact) mass is 618 g/mol. The van der Waals surface area contributed by atoms with Gasteiger partial charge in [0.1, 0.15) is 0 Å². The molecule has 0 atom stereocenters. The average molecular weight is 619 g/mol. The number of thiophene rings is 4. The van der Waals surface area contributed by atoms with Crippen LogP contribution >= 0.6 is 45.3 Å². The number of aromatic amines is 1. The third kappa shape index (κ3) is 5.13. The molecule has 0 bridgehead atoms. The van der Waals surface area contributed by atoms with Crippen molar-refractivity contribution in [3.63, 3.8) is 0 Å². The van der Waals surface area contributed by atoms with Gasteiger partial charge in [0.25, 0.3) is 0 Å². The summed E-state index contributed by atoms with van der Waals surface area (Å²) in [4.78, 5) is 19.5. The first-order chi connectivity index (χ1) is 20.3. The van der Waals surface area contributed by atoms with Gasteiger partial charge in [0, 0.05) is 51.7 Å². The summed E-state index contributed by atoms with van der Waals surface area (Å²) in [5.74, 6) is 0. The van der Waals surface area contributed by atoms with Gasteiger partial charge in [-0.05, 0) is 101 Å². The molecule has 0 radical (unpaired) electrons. The van der Waals surface area contributed by atoms with Crippen LogP contribution in [0.15, 0.2) is 95.6 Å². The van der Waals surface area contributed by atoms with Crippen LogP contribution in [0.1, 0.15) is 46.1 Å². The van der Waals surface area contributed by atoms with Crippen molar-refractivity contribution in [2.24, 2.45) is 4.99 Å². The third-order valence-electron chi connectivity index (χ3n) is 7.42. The van der Waals surface area contributed by atoms with E-state index in [1.165, 1.54) is 61.4 Å². The van der Waals surface area contributed by atoms with E-state index in [-0.39, 0.29) is 0 Å². The van der Waals surface area contributed by atoms with Crippen molar-refractivity contribution in [1.29, 1.82) is 0 Å². The Labute approximate surface area is 263 Å². The fraction of sp³-hybridized carbons (Fsp3) is 0.139. The molecule has 2 nitrogen and oxygen atoms in total. The Bertz CT molecular complexity index is 1910. The summed E-state index contributed by atoms with van der Waals surface area (Å²) in [6.07, 6.45) is 2.30.